The summed E-state index contributed by atoms with van der Waals surface area (Å²) in [5.41, 5.74) is -4.59. The highest BCUT2D eigenvalue weighted by Gasteiger charge is 2.71. The number of ether oxygens (including phenoxy) is 5. The largest absolute Gasteiger partial charge is 0.481 e. The van der Waals surface area contributed by atoms with E-state index in [2.05, 4.69) is 13.8 Å². The van der Waals surface area contributed by atoms with Crippen LogP contribution in [0.4, 0.5) is 0 Å². The van der Waals surface area contributed by atoms with E-state index < -0.39 is 63.7 Å². The Hall–Kier alpha value is -2.77. The van der Waals surface area contributed by atoms with Crippen LogP contribution in [0.1, 0.15) is 168 Å². The van der Waals surface area contributed by atoms with Crippen molar-refractivity contribution in [2.24, 2.45) is 45.3 Å². The van der Waals surface area contributed by atoms with Gasteiger partial charge in [-0.1, -0.05) is 27.7 Å². The molecular weight excluding hydrogens is 760 g/mol. The van der Waals surface area contributed by atoms with Crippen LogP contribution in [0.3, 0.4) is 0 Å². The first-order chi connectivity index (χ1) is 26.8. The number of aliphatic hydroxyl groups is 2. The van der Waals surface area contributed by atoms with Crippen LogP contribution in [0.5, 0.6) is 0 Å². The molecule has 0 aromatic rings. The number of carbonyl (C=O) groups excluding carboxylic acids is 4. The van der Waals surface area contributed by atoms with Gasteiger partial charge in [-0.15, -0.1) is 0 Å². The Morgan fingerprint density at radius 2 is 1.31 bits per heavy atom. The van der Waals surface area contributed by atoms with Crippen molar-refractivity contribution in [1.29, 1.82) is 0 Å². The molecule has 0 spiro atoms. The van der Waals surface area contributed by atoms with E-state index in [1.165, 1.54) is 0 Å². The number of cyclic esters (lactones) is 1. The Kier molecular flexibility index (Phi) is 13.9. The second kappa shape index (κ2) is 16.8. The minimum absolute atomic E-state index is 0.104. The van der Waals surface area contributed by atoms with Gasteiger partial charge in [0.2, 0.25) is 6.10 Å². The van der Waals surface area contributed by atoms with Crippen molar-refractivity contribution in [2.45, 2.75) is 208 Å². The molecule has 7 rings (SSSR count). The summed E-state index contributed by atoms with van der Waals surface area (Å²) >= 11 is 0. The number of rotatable bonds is 12. The van der Waals surface area contributed by atoms with Crippen molar-refractivity contribution in [3.8, 4) is 0 Å². The highest BCUT2D eigenvalue weighted by Crippen LogP contribution is 2.72. The third-order valence-corrected chi connectivity index (χ3v) is 15.6. The molecule has 3 saturated heterocycles. The van der Waals surface area contributed by atoms with Gasteiger partial charge in [0.05, 0.1) is 40.8 Å². The van der Waals surface area contributed by atoms with Crippen molar-refractivity contribution < 1.29 is 63.0 Å². The summed E-state index contributed by atoms with van der Waals surface area (Å²) in [5.74, 6) is -1.23. The first-order valence-corrected chi connectivity index (χ1v) is 21.9. The van der Waals surface area contributed by atoms with E-state index >= 15 is 0 Å². The number of aliphatic carboxylic acids is 1. The number of hydrogen-bond acceptors (Lipinski definition) is 12. The Balaban J connectivity index is 0.000000206. The molecule has 3 N–H and O–H groups in total. The molecule has 0 aromatic heterocycles. The van der Waals surface area contributed by atoms with Crippen LogP contribution in [0.2, 0.25) is 0 Å². The lowest BCUT2D eigenvalue weighted by atomic mass is 9.37. The fourth-order valence-corrected chi connectivity index (χ4v) is 10.7. The van der Waals surface area contributed by atoms with Crippen LogP contribution in [0.15, 0.2) is 0 Å². The third kappa shape index (κ3) is 10.1. The summed E-state index contributed by atoms with van der Waals surface area (Å²) in [7, 11) is 0. The maximum absolute atomic E-state index is 12.9. The summed E-state index contributed by atoms with van der Waals surface area (Å²) in [6.45, 7) is 27.4. The molecule has 338 valence electrons. The van der Waals surface area contributed by atoms with Crippen molar-refractivity contribution in [1.82, 2.24) is 0 Å². The van der Waals surface area contributed by atoms with Gasteiger partial charge >= 0.3 is 29.8 Å². The van der Waals surface area contributed by atoms with Crippen molar-refractivity contribution in [3.05, 3.63) is 0 Å². The summed E-state index contributed by atoms with van der Waals surface area (Å²) in [5, 5.41) is 30.8. The van der Waals surface area contributed by atoms with E-state index in [0.717, 1.165) is 38.5 Å². The Labute approximate surface area is 352 Å². The SMILES string of the molecule is CC1C2CC(C(C)(C)OC(=O)CC(=O)O)C(O2)C1C.CCC(C)(C)C(=O)OC12CC3CC(C(C)(C)O)(C1)CC(C(C)(C)O)(C3)C2.CCC(C)(C)C(=O)OC1CCOC1=O. The number of carboxylic acid groups (broad SMARTS) is 1. The predicted molar refractivity (Wildman–Crippen MR) is 219 cm³/mol. The van der Waals surface area contributed by atoms with Gasteiger partial charge in [0.15, 0.2) is 0 Å². The minimum Gasteiger partial charge on any atom is -0.481 e. The van der Waals surface area contributed by atoms with Crippen LogP contribution in [0.25, 0.3) is 0 Å². The van der Waals surface area contributed by atoms with Gasteiger partial charge in [-0.05, 0) is 145 Å². The van der Waals surface area contributed by atoms with Crippen molar-refractivity contribution >= 4 is 29.8 Å². The lowest BCUT2D eigenvalue weighted by Crippen LogP contribution is -2.70. The van der Waals surface area contributed by atoms with E-state index in [0.29, 0.717) is 50.0 Å². The average Bonchev–Trinajstić information content (AvgIpc) is 3.79. The van der Waals surface area contributed by atoms with E-state index in [1.54, 1.807) is 13.8 Å². The number of carboxylic acids is 1. The molecule has 0 radical (unpaired) electrons. The summed E-state index contributed by atoms with van der Waals surface area (Å²) in [6, 6.07) is 0. The zero-order chi connectivity index (χ0) is 44.9. The fourth-order valence-electron chi connectivity index (χ4n) is 10.7. The second-order valence-electron chi connectivity index (χ2n) is 21.9. The van der Waals surface area contributed by atoms with Crippen LogP contribution in [-0.2, 0) is 47.7 Å². The van der Waals surface area contributed by atoms with Crippen LogP contribution < -0.4 is 0 Å². The van der Waals surface area contributed by atoms with Gasteiger partial charge in [-0.2, -0.15) is 0 Å². The normalized spacial score (nSPS) is 34.8. The van der Waals surface area contributed by atoms with E-state index in [-0.39, 0.29) is 40.9 Å². The molecule has 6 bridgehead atoms. The Morgan fingerprint density at radius 3 is 1.73 bits per heavy atom. The Bertz CT molecular complexity index is 1550. The van der Waals surface area contributed by atoms with Gasteiger partial charge in [0.25, 0.3) is 0 Å². The highest BCUT2D eigenvalue weighted by molar-refractivity contribution is 5.90. The smallest absolute Gasteiger partial charge is 0.347 e. The summed E-state index contributed by atoms with van der Waals surface area (Å²) in [4.78, 5) is 57.6. The molecule has 13 heteroatoms. The monoisotopic (exact) mass is 837 g/mol. The van der Waals surface area contributed by atoms with E-state index in [1.807, 2.05) is 69.2 Å². The zero-order valence-electron chi connectivity index (χ0n) is 38.5. The maximum Gasteiger partial charge on any atom is 0.347 e. The number of carbonyl (C=O) groups is 5. The Morgan fingerprint density at radius 1 is 0.780 bits per heavy atom. The van der Waals surface area contributed by atoms with Gasteiger partial charge in [-0.3, -0.25) is 19.2 Å². The average molecular weight is 837 g/mol. The molecule has 3 aliphatic heterocycles. The summed E-state index contributed by atoms with van der Waals surface area (Å²) < 4.78 is 27.4. The lowest BCUT2D eigenvalue weighted by molar-refractivity contribution is -0.288. The maximum atomic E-state index is 12.9. The molecule has 4 saturated carbocycles. The highest BCUT2D eigenvalue weighted by atomic mass is 16.6. The topological polar surface area (TPSA) is 192 Å². The first kappa shape index (κ1) is 48.9. The predicted octanol–water partition coefficient (Wildman–Crippen LogP) is 7.34. The lowest BCUT2D eigenvalue weighted by Gasteiger charge is -2.70. The third-order valence-electron chi connectivity index (χ3n) is 15.6. The molecule has 13 nitrogen and oxygen atoms in total. The second-order valence-corrected chi connectivity index (χ2v) is 21.9. The molecule has 7 fully saturated rings. The molecular formula is C46H76O13. The molecule has 8 unspecified atom stereocenters. The molecule has 7 aliphatic rings. The molecule has 8 atom stereocenters. The fraction of sp³-hybridized carbons (Fsp3) is 0.891. The van der Waals surface area contributed by atoms with E-state index in [9.17, 15) is 34.2 Å². The van der Waals surface area contributed by atoms with Gasteiger partial charge in [0, 0.05) is 23.2 Å². The van der Waals surface area contributed by atoms with Crippen LogP contribution in [-0.4, -0.2) is 92.5 Å². The standard InChI is InChI=1S/C22H38O4.C14H22O5.C10H16O4/c1-8-17(2,3)16(23)26-22-11-15-9-20(13-22,18(4,5)24)12-21(10-15,14-22)19(6,7)25;1-7-8(2)13-9(5-10(7)18-13)14(3,4)19-12(17)6-11(15)16;1-4-10(2,3)9(12)14-7-5-6-13-8(7)11/h15,24-25H,8-14H2,1-7H3;7-10,13H,5-6H2,1-4H3,(H,15,16);7H,4-6H2,1-3H3. The van der Waals surface area contributed by atoms with Crippen molar-refractivity contribution in [3.63, 3.8) is 0 Å². The molecule has 0 amide bonds. The molecule has 59 heavy (non-hydrogen) atoms. The van der Waals surface area contributed by atoms with Crippen molar-refractivity contribution in [2.75, 3.05) is 6.61 Å². The van der Waals surface area contributed by atoms with Gasteiger partial charge in [0.1, 0.15) is 17.6 Å². The molecule has 3 heterocycles. The minimum atomic E-state index is -1.16. The number of hydrogen-bond donors (Lipinski definition) is 3. The number of fused-ring (bicyclic) bond motifs is 2. The quantitative estimate of drug-likeness (QED) is 0.101. The molecule has 0 aromatic carbocycles. The van der Waals surface area contributed by atoms with Gasteiger partial charge < -0.3 is 39.0 Å². The summed E-state index contributed by atoms with van der Waals surface area (Å²) in [6.07, 6.45) is 6.87. The van der Waals surface area contributed by atoms with E-state index in [4.69, 9.17) is 28.8 Å². The first-order valence-electron chi connectivity index (χ1n) is 21.9. The van der Waals surface area contributed by atoms with Crippen LogP contribution in [0, 0.1) is 45.3 Å². The zero-order valence-corrected chi connectivity index (χ0v) is 38.5. The van der Waals surface area contributed by atoms with Crippen LogP contribution >= 0.6 is 0 Å². The number of esters is 4. The van der Waals surface area contributed by atoms with Gasteiger partial charge in [-0.25, -0.2) is 4.79 Å². The molecule has 4 aliphatic carbocycles.